The number of pyridine rings is 1. The van der Waals surface area contributed by atoms with Crippen molar-refractivity contribution in [1.29, 1.82) is 0 Å². The second kappa shape index (κ2) is 8.64. The molecule has 6 nitrogen and oxygen atoms in total. The molecule has 2 aromatic rings. The van der Waals surface area contributed by atoms with Crippen molar-refractivity contribution in [1.82, 2.24) is 4.98 Å². The maximum absolute atomic E-state index is 12.8. The van der Waals surface area contributed by atoms with E-state index in [9.17, 15) is 9.59 Å². The van der Waals surface area contributed by atoms with E-state index in [1.54, 1.807) is 37.4 Å². The van der Waals surface area contributed by atoms with Gasteiger partial charge in [0.2, 0.25) is 11.8 Å². The highest BCUT2D eigenvalue weighted by molar-refractivity contribution is 5.93. The molecule has 2 fully saturated rings. The van der Waals surface area contributed by atoms with E-state index in [-0.39, 0.29) is 29.9 Å². The summed E-state index contributed by atoms with van der Waals surface area (Å²) in [4.78, 5) is 29.1. The predicted molar refractivity (Wildman–Crippen MR) is 109 cm³/mol. The Morgan fingerprint density at radius 2 is 2.03 bits per heavy atom. The standard InChI is InChI=1S/C23H26N2O4/c1-2-28-23(27)20-10-5-13-24-22(20)29-17-8-4-7-16(14-17)25-21(26)19-12-11-15-6-3-9-18(15)19/h4-5,7-8,10,13-15,18-19H,2-3,6,9,11-12H2,1H3,(H,25,26)/t15-,18-,19?/m0/s1. The monoisotopic (exact) mass is 394 g/mol. The van der Waals surface area contributed by atoms with Gasteiger partial charge < -0.3 is 14.8 Å². The van der Waals surface area contributed by atoms with E-state index < -0.39 is 5.97 Å². The Hall–Kier alpha value is -2.89. The van der Waals surface area contributed by atoms with Gasteiger partial charge in [0.05, 0.1) is 6.61 Å². The Labute approximate surface area is 170 Å². The van der Waals surface area contributed by atoms with E-state index in [0.717, 1.165) is 12.3 Å². The molecule has 3 atom stereocenters. The summed E-state index contributed by atoms with van der Waals surface area (Å²) in [6.07, 6.45) is 7.39. The van der Waals surface area contributed by atoms with Gasteiger partial charge in [0, 0.05) is 23.9 Å². The molecule has 1 N–H and O–H groups in total. The summed E-state index contributed by atoms with van der Waals surface area (Å²) in [7, 11) is 0. The van der Waals surface area contributed by atoms with Crippen LogP contribution in [0.3, 0.4) is 0 Å². The lowest BCUT2D eigenvalue weighted by Gasteiger charge is -2.18. The lowest BCUT2D eigenvalue weighted by molar-refractivity contribution is -0.121. The van der Waals surface area contributed by atoms with Crippen molar-refractivity contribution in [3.8, 4) is 11.6 Å². The van der Waals surface area contributed by atoms with Crippen molar-refractivity contribution in [2.24, 2.45) is 17.8 Å². The fraction of sp³-hybridized carbons (Fsp3) is 0.435. The first-order valence-corrected chi connectivity index (χ1v) is 10.4. The number of fused-ring (bicyclic) bond motifs is 1. The maximum atomic E-state index is 12.8. The van der Waals surface area contributed by atoms with Crippen LogP contribution in [0.4, 0.5) is 5.69 Å². The van der Waals surface area contributed by atoms with Gasteiger partial charge in [0.15, 0.2) is 0 Å². The van der Waals surface area contributed by atoms with Gasteiger partial charge in [-0.3, -0.25) is 4.79 Å². The largest absolute Gasteiger partial charge is 0.462 e. The molecule has 0 spiro atoms. The molecule has 6 heteroatoms. The molecule has 0 saturated heterocycles. The first-order chi connectivity index (χ1) is 14.2. The number of amides is 1. The normalized spacial score (nSPS) is 22.7. The van der Waals surface area contributed by atoms with Crippen molar-refractivity contribution in [3.63, 3.8) is 0 Å². The number of hydrogen-bond acceptors (Lipinski definition) is 5. The van der Waals surface area contributed by atoms with Gasteiger partial charge in [0.25, 0.3) is 0 Å². The number of carbonyl (C=O) groups is 2. The molecule has 4 rings (SSSR count). The molecule has 29 heavy (non-hydrogen) atoms. The number of ether oxygens (including phenoxy) is 2. The number of carbonyl (C=O) groups excluding carboxylic acids is 2. The van der Waals surface area contributed by atoms with Crippen LogP contribution in [0, 0.1) is 17.8 Å². The van der Waals surface area contributed by atoms with E-state index in [1.165, 1.54) is 25.7 Å². The lowest BCUT2D eigenvalue weighted by atomic mass is 9.91. The third-order valence-corrected chi connectivity index (χ3v) is 6.00. The molecule has 2 aliphatic rings. The summed E-state index contributed by atoms with van der Waals surface area (Å²) in [5.74, 6) is 1.67. The average molecular weight is 394 g/mol. The summed E-state index contributed by atoms with van der Waals surface area (Å²) in [5.41, 5.74) is 0.949. The van der Waals surface area contributed by atoms with Crippen molar-refractivity contribution in [2.75, 3.05) is 11.9 Å². The number of nitrogens with one attached hydrogen (secondary N) is 1. The van der Waals surface area contributed by atoms with Gasteiger partial charge in [-0.05, 0) is 62.3 Å². The SMILES string of the molecule is CCOC(=O)c1cccnc1Oc1cccc(NC(=O)C2CC[C@@H]3CCC[C@H]23)c1. The van der Waals surface area contributed by atoms with Gasteiger partial charge in [-0.2, -0.15) is 0 Å². The second-order valence-electron chi connectivity index (χ2n) is 7.73. The Kier molecular flexibility index (Phi) is 5.79. The fourth-order valence-electron chi connectivity index (χ4n) is 4.71. The first kappa shape index (κ1) is 19.4. The van der Waals surface area contributed by atoms with Crippen molar-refractivity contribution in [3.05, 3.63) is 48.2 Å². The number of esters is 1. The molecule has 1 aromatic heterocycles. The minimum Gasteiger partial charge on any atom is -0.462 e. The van der Waals surface area contributed by atoms with Crippen LogP contribution in [0.15, 0.2) is 42.6 Å². The zero-order valence-corrected chi connectivity index (χ0v) is 16.6. The van der Waals surface area contributed by atoms with E-state index in [4.69, 9.17) is 9.47 Å². The summed E-state index contributed by atoms with van der Waals surface area (Å²) in [6, 6.07) is 10.4. The second-order valence-corrected chi connectivity index (χ2v) is 7.73. The number of rotatable bonds is 6. The highest BCUT2D eigenvalue weighted by Gasteiger charge is 2.42. The molecule has 0 aliphatic heterocycles. The average Bonchev–Trinajstić information content (AvgIpc) is 3.32. The van der Waals surface area contributed by atoms with Gasteiger partial charge in [-0.25, -0.2) is 9.78 Å². The van der Waals surface area contributed by atoms with Crippen LogP contribution >= 0.6 is 0 Å². The molecule has 2 saturated carbocycles. The van der Waals surface area contributed by atoms with Crippen molar-refractivity contribution in [2.45, 2.75) is 39.0 Å². The summed E-state index contributed by atoms with van der Waals surface area (Å²) < 4.78 is 10.9. The minimum atomic E-state index is -0.479. The molecular weight excluding hydrogens is 368 g/mol. The van der Waals surface area contributed by atoms with E-state index in [2.05, 4.69) is 10.3 Å². The number of benzene rings is 1. The van der Waals surface area contributed by atoms with E-state index in [0.29, 0.717) is 17.4 Å². The zero-order chi connectivity index (χ0) is 20.2. The zero-order valence-electron chi connectivity index (χ0n) is 16.6. The number of nitrogens with zero attached hydrogens (tertiary/aromatic N) is 1. The summed E-state index contributed by atoms with van der Waals surface area (Å²) in [5, 5.41) is 3.05. The minimum absolute atomic E-state index is 0.0987. The van der Waals surface area contributed by atoms with Gasteiger partial charge >= 0.3 is 5.97 Å². The van der Waals surface area contributed by atoms with Gasteiger partial charge in [-0.1, -0.05) is 18.9 Å². The quantitative estimate of drug-likeness (QED) is 0.711. The molecule has 1 amide bonds. The van der Waals surface area contributed by atoms with Gasteiger partial charge in [-0.15, -0.1) is 0 Å². The summed E-state index contributed by atoms with van der Waals surface area (Å²) in [6.45, 7) is 2.02. The molecule has 0 radical (unpaired) electrons. The van der Waals surface area contributed by atoms with Crippen LogP contribution in [0.25, 0.3) is 0 Å². The molecule has 1 unspecified atom stereocenters. The van der Waals surface area contributed by atoms with Crippen molar-refractivity contribution >= 4 is 17.6 Å². The molecule has 1 heterocycles. The Balaban J connectivity index is 1.46. The Morgan fingerprint density at radius 1 is 1.14 bits per heavy atom. The van der Waals surface area contributed by atoms with Crippen molar-refractivity contribution < 1.29 is 19.1 Å². The topological polar surface area (TPSA) is 77.5 Å². The van der Waals surface area contributed by atoms with Crippen LogP contribution in [-0.2, 0) is 9.53 Å². The number of aromatic nitrogens is 1. The van der Waals surface area contributed by atoms with E-state index >= 15 is 0 Å². The Bertz CT molecular complexity index is 898. The first-order valence-electron chi connectivity index (χ1n) is 10.4. The number of anilines is 1. The highest BCUT2D eigenvalue weighted by Crippen LogP contribution is 2.47. The van der Waals surface area contributed by atoms with E-state index in [1.807, 2.05) is 12.1 Å². The third-order valence-electron chi connectivity index (χ3n) is 6.00. The van der Waals surface area contributed by atoms with Crippen LogP contribution < -0.4 is 10.1 Å². The van der Waals surface area contributed by atoms with Crippen LogP contribution in [0.1, 0.15) is 49.4 Å². The molecule has 152 valence electrons. The predicted octanol–water partition coefficient (Wildman–Crippen LogP) is 4.82. The molecule has 2 aliphatic carbocycles. The molecule has 0 bridgehead atoms. The lowest BCUT2D eigenvalue weighted by Crippen LogP contribution is -2.26. The smallest absolute Gasteiger partial charge is 0.343 e. The molecular formula is C23H26N2O4. The fourth-order valence-corrected chi connectivity index (χ4v) is 4.71. The maximum Gasteiger partial charge on any atom is 0.343 e. The molecule has 1 aromatic carbocycles. The van der Waals surface area contributed by atoms with Gasteiger partial charge in [0.1, 0.15) is 11.3 Å². The Morgan fingerprint density at radius 3 is 2.90 bits per heavy atom. The summed E-state index contributed by atoms with van der Waals surface area (Å²) >= 11 is 0. The highest BCUT2D eigenvalue weighted by atomic mass is 16.5. The number of hydrogen-bond donors (Lipinski definition) is 1. The van der Waals surface area contributed by atoms with Crippen LogP contribution in [0.5, 0.6) is 11.6 Å². The van der Waals surface area contributed by atoms with Crippen LogP contribution in [-0.4, -0.2) is 23.5 Å². The third kappa shape index (κ3) is 4.26. The van der Waals surface area contributed by atoms with Crippen LogP contribution in [0.2, 0.25) is 0 Å².